The summed E-state index contributed by atoms with van der Waals surface area (Å²) in [6.07, 6.45) is 74.7. The summed E-state index contributed by atoms with van der Waals surface area (Å²) < 4.78 is 16.7. The van der Waals surface area contributed by atoms with Gasteiger partial charge in [-0.05, 0) is 128 Å². The zero-order chi connectivity index (χ0) is 48.6. The topological polar surface area (TPSA) is 78.9 Å². The highest BCUT2D eigenvalue weighted by atomic mass is 16.6. The van der Waals surface area contributed by atoms with Gasteiger partial charge in [0.1, 0.15) is 13.2 Å². The number of rotatable bonds is 47. The molecule has 0 radical (unpaired) electrons. The molecule has 0 aliphatic rings. The summed E-state index contributed by atoms with van der Waals surface area (Å²) in [7, 11) is 0. The predicted molar refractivity (Wildman–Crippen MR) is 288 cm³/mol. The first-order valence-electron chi connectivity index (χ1n) is 27.0. The van der Waals surface area contributed by atoms with Crippen LogP contribution in [0.2, 0.25) is 0 Å². The van der Waals surface area contributed by atoms with Gasteiger partial charge in [-0.2, -0.15) is 0 Å². The average molecular weight is 927 g/mol. The minimum atomic E-state index is -0.838. The quantitative estimate of drug-likeness (QED) is 0.0262. The lowest BCUT2D eigenvalue weighted by molar-refractivity contribution is -0.167. The fraction of sp³-hybridized carbons (Fsp3) is 0.623. The Morgan fingerprint density at radius 1 is 0.299 bits per heavy atom. The van der Waals surface area contributed by atoms with Crippen LogP contribution in [0.15, 0.2) is 122 Å². The number of hydrogen-bond donors (Lipinski definition) is 0. The van der Waals surface area contributed by atoms with E-state index in [0.29, 0.717) is 19.3 Å². The zero-order valence-corrected chi connectivity index (χ0v) is 43.1. The van der Waals surface area contributed by atoms with Crippen LogP contribution in [0.25, 0.3) is 0 Å². The molecule has 0 amide bonds. The van der Waals surface area contributed by atoms with Crippen molar-refractivity contribution in [1.29, 1.82) is 0 Å². The molecule has 0 bridgehead atoms. The van der Waals surface area contributed by atoms with Gasteiger partial charge in [-0.15, -0.1) is 0 Å². The zero-order valence-electron chi connectivity index (χ0n) is 43.1. The molecule has 0 rings (SSSR count). The second kappa shape index (κ2) is 54.4. The standard InChI is InChI=1S/C61H98O6/c1-4-7-10-13-16-19-22-25-28-30-33-36-39-42-45-48-51-54-60(63)66-57-58(56-65-59(62)53-50-47-44-41-38-35-32-27-24-21-18-15-12-9-6-3)67-61(64)55-52-49-46-43-40-37-34-31-29-26-23-20-17-14-11-8-5-2/h16-21,25-29,32-34,36-37,42-43,45-46,58H,4-15,22-24,30-31,35,38-41,44,47-57H2,1-3H3/b19-16+,20-17+,21-18+,28-25+,29-26+,32-27+,36-33+,37-34+,45-42+,46-43+/t58-/m1/s1. The Morgan fingerprint density at radius 3 is 0.896 bits per heavy atom. The number of allylic oxidation sites excluding steroid dienone is 20. The maximum absolute atomic E-state index is 12.8. The monoisotopic (exact) mass is 927 g/mol. The summed E-state index contributed by atoms with van der Waals surface area (Å²) in [4.78, 5) is 38.0. The van der Waals surface area contributed by atoms with Crippen LogP contribution in [-0.4, -0.2) is 37.2 Å². The van der Waals surface area contributed by atoms with Crippen LogP contribution < -0.4 is 0 Å². The number of ether oxygens (including phenoxy) is 3. The second-order valence-corrected chi connectivity index (χ2v) is 17.4. The van der Waals surface area contributed by atoms with E-state index in [1.165, 1.54) is 77.0 Å². The smallest absolute Gasteiger partial charge is 0.306 e. The molecule has 0 fully saturated rings. The first-order chi connectivity index (χ1) is 33.0. The van der Waals surface area contributed by atoms with Crippen molar-refractivity contribution in [3.63, 3.8) is 0 Å². The van der Waals surface area contributed by atoms with Gasteiger partial charge in [0.05, 0.1) is 0 Å². The first kappa shape index (κ1) is 62.8. The van der Waals surface area contributed by atoms with E-state index in [2.05, 4.69) is 142 Å². The third-order valence-corrected chi connectivity index (χ3v) is 10.9. The van der Waals surface area contributed by atoms with E-state index in [4.69, 9.17) is 14.2 Å². The van der Waals surface area contributed by atoms with E-state index >= 15 is 0 Å². The maximum atomic E-state index is 12.8. The van der Waals surface area contributed by atoms with Crippen LogP contribution in [0.3, 0.4) is 0 Å². The molecule has 0 unspecified atom stereocenters. The van der Waals surface area contributed by atoms with Gasteiger partial charge in [-0.1, -0.05) is 200 Å². The molecule has 0 aliphatic carbocycles. The van der Waals surface area contributed by atoms with Gasteiger partial charge in [0, 0.05) is 19.3 Å². The highest BCUT2D eigenvalue weighted by Crippen LogP contribution is 2.11. The summed E-state index contributed by atoms with van der Waals surface area (Å²) in [5.74, 6) is -1.06. The minimum Gasteiger partial charge on any atom is -0.462 e. The van der Waals surface area contributed by atoms with E-state index in [1.807, 2.05) is 0 Å². The van der Waals surface area contributed by atoms with Crippen LogP contribution in [0, 0.1) is 0 Å². The number of hydrogen-bond acceptors (Lipinski definition) is 6. The van der Waals surface area contributed by atoms with Crippen molar-refractivity contribution in [3.8, 4) is 0 Å². The van der Waals surface area contributed by atoms with Crippen LogP contribution in [0.4, 0.5) is 0 Å². The van der Waals surface area contributed by atoms with Gasteiger partial charge < -0.3 is 14.2 Å². The Labute approximate surface area is 412 Å². The van der Waals surface area contributed by atoms with Gasteiger partial charge in [0.15, 0.2) is 6.10 Å². The number of carbonyl (C=O) groups is 3. The number of carbonyl (C=O) groups excluding carboxylic acids is 3. The number of unbranched alkanes of at least 4 members (excludes halogenated alkanes) is 16. The Balaban J connectivity index is 4.61. The van der Waals surface area contributed by atoms with Gasteiger partial charge in [0.2, 0.25) is 0 Å². The lowest BCUT2D eigenvalue weighted by atomic mass is 10.1. The lowest BCUT2D eigenvalue weighted by Crippen LogP contribution is -2.30. The predicted octanol–water partition coefficient (Wildman–Crippen LogP) is 18.1. The van der Waals surface area contributed by atoms with Crippen molar-refractivity contribution >= 4 is 17.9 Å². The lowest BCUT2D eigenvalue weighted by Gasteiger charge is -2.18. The Kier molecular flexibility index (Phi) is 51.0. The summed E-state index contributed by atoms with van der Waals surface area (Å²) >= 11 is 0. The molecule has 0 spiro atoms. The highest BCUT2D eigenvalue weighted by Gasteiger charge is 2.19. The Morgan fingerprint density at radius 2 is 0.552 bits per heavy atom. The third-order valence-electron chi connectivity index (χ3n) is 10.9. The van der Waals surface area contributed by atoms with Crippen LogP contribution in [0.1, 0.15) is 226 Å². The molecule has 0 saturated carbocycles. The molecule has 6 heteroatoms. The molecule has 0 aromatic carbocycles. The van der Waals surface area contributed by atoms with Gasteiger partial charge in [-0.25, -0.2) is 0 Å². The fourth-order valence-corrected chi connectivity index (χ4v) is 6.81. The van der Waals surface area contributed by atoms with Gasteiger partial charge in [-0.3, -0.25) is 14.4 Å². The molecule has 0 aliphatic heterocycles. The Bertz CT molecular complexity index is 1440. The highest BCUT2D eigenvalue weighted by molar-refractivity contribution is 5.71. The van der Waals surface area contributed by atoms with Crippen molar-refractivity contribution in [3.05, 3.63) is 122 Å². The minimum absolute atomic E-state index is 0.127. The molecule has 0 heterocycles. The average Bonchev–Trinajstić information content (AvgIpc) is 3.33. The molecule has 0 aromatic rings. The van der Waals surface area contributed by atoms with Crippen LogP contribution >= 0.6 is 0 Å². The van der Waals surface area contributed by atoms with Crippen LogP contribution in [0.5, 0.6) is 0 Å². The van der Waals surface area contributed by atoms with Crippen molar-refractivity contribution in [2.24, 2.45) is 0 Å². The summed E-state index contributed by atoms with van der Waals surface area (Å²) in [6.45, 7) is 6.43. The van der Waals surface area contributed by atoms with E-state index in [0.717, 1.165) is 96.3 Å². The van der Waals surface area contributed by atoms with E-state index in [1.54, 1.807) is 0 Å². The second-order valence-electron chi connectivity index (χ2n) is 17.4. The van der Waals surface area contributed by atoms with E-state index < -0.39 is 6.10 Å². The van der Waals surface area contributed by atoms with Crippen molar-refractivity contribution in [2.75, 3.05) is 13.2 Å². The normalized spacial score (nSPS) is 13.1. The molecule has 67 heavy (non-hydrogen) atoms. The number of esters is 3. The molecular weight excluding hydrogens is 829 g/mol. The molecule has 0 aromatic heterocycles. The fourth-order valence-electron chi connectivity index (χ4n) is 6.81. The molecule has 0 N–H and O–H groups in total. The van der Waals surface area contributed by atoms with Crippen molar-refractivity contribution in [1.82, 2.24) is 0 Å². The molecule has 0 saturated heterocycles. The van der Waals surface area contributed by atoms with Crippen molar-refractivity contribution < 1.29 is 28.6 Å². The molecule has 6 nitrogen and oxygen atoms in total. The largest absolute Gasteiger partial charge is 0.462 e. The maximum Gasteiger partial charge on any atom is 0.306 e. The molecule has 378 valence electrons. The van der Waals surface area contributed by atoms with Crippen molar-refractivity contribution in [2.45, 2.75) is 232 Å². The molecular formula is C61H98O6. The Hall–Kier alpha value is -4.19. The van der Waals surface area contributed by atoms with E-state index in [9.17, 15) is 14.4 Å². The van der Waals surface area contributed by atoms with Crippen LogP contribution in [-0.2, 0) is 28.6 Å². The summed E-state index contributed by atoms with van der Waals surface area (Å²) in [6, 6.07) is 0. The summed E-state index contributed by atoms with van der Waals surface area (Å²) in [5.41, 5.74) is 0. The SMILES string of the molecule is CCCCC/C=C/C/C=C/C/C=C/C/C=C/CCCC(=O)OC[C@@H](COC(=O)CCCCCCC/C=C/C/C=C/CCCCC)OC(=O)CCC/C=C/C/C=C/C/C=C/C/C=C/CCCCC. The third kappa shape index (κ3) is 52.6. The van der Waals surface area contributed by atoms with Gasteiger partial charge in [0.25, 0.3) is 0 Å². The van der Waals surface area contributed by atoms with Gasteiger partial charge >= 0.3 is 17.9 Å². The first-order valence-corrected chi connectivity index (χ1v) is 27.0. The molecule has 1 atom stereocenters. The summed E-state index contributed by atoms with van der Waals surface area (Å²) in [5, 5.41) is 0. The van der Waals surface area contributed by atoms with E-state index in [-0.39, 0.29) is 44.0 Å².